The van der Waals surface area contributed by atoms with E-state index in [9.17, 15) is 9.59 Å². The third-order valence-electron chi connectivity index (χ3n) is 6.16. The molecule has 6 heteroatoms. The highest BCUT2D eigenvalue weighted by molar-refractivity contribution is 5.83. The number of hydrogen-bond donors (Lipinski definition) is 0. The molecule has 6 nitrogen and oxygen atoms in total. The number of aryl methyl sites for hydroxylation is 3. The van der Waals surface area contributed by atoms with Crippen LogP contribution in [0.15, 0.2) is 6.07 Å². The van der Waals surface area contributed by atoms with Crippen molar-refractivity contribution in [2.24, 2.45) is 11.8 Å². The first kappa shape index (κ1) is 17.6. The first-order valence-corrected chi connectivity index (χ1v) is 10.1. The van der Waals surface area contributed by atoms with Gasteiger partial charge in [0.2, 0.25) is 11.8 Å². The molecule has 2 bridgehead atoms. The maximum atomic E-state index is 12.8. The summed E-state index contributed by atoms with van der Waals surface area (Å²) in [5.41, 5.74) is 2.16. The predicted molar refractivity (Wildman–Crippen MR) is 98.5 cm³/mol. The Labute approximate surface area is 155 Å². The van der Waals surface area contributed by atoms with Gasteiger partial charge in [0.05, 0.1) is 11.6 Å². The molecule has 1 aliphatic carbocycles. The van der Waals surface area contributed by atoms with Gasteiger partial charge in [0.1, 0.15) is 0 Å². The van der Waals surface area contributed by atoms with Gasteiger partial charge >= 0.3 is 0 Å². The van der Waals surface area contributed by atoms with Gasteiger partial charge in [0.15, 0.2) is 0 Å². The van der Waals surface area contributed by atoms with Gasteiger partial charge < -0.3 is 9.80 Å². The standard InChI is InChI=1S/C20H30N4O2/c1-14-10-15(2)24(21-14)9-3-4-19(25)22-12-17-7-8-18(13-22)23(20(17)26)11-16-5-6-16/h10,16-18H,3-9,11-13H2,1-2H3/t17-,18+/m0/s1. The lowest BCUT2D eigenvalue weighted by atomic mass is 9.94. The van der Waals surface area contributed by atoms with E-state index in [1.165, 1.54) is 12.8 Å². The number of rotatable bonds is 6. The Hall–Kier alpha value is -1.85. The van der Waals surface area contributed by atoms with E-state index in [-0.39, 0.29) is 17.9 Å². The molecule has 4 aliphatic rings. The van der Waals surface area contributed by atoms with Crippen LogP contribution in [0.5, 0.6) is 0 Å². The number of hydrogen-bond acceptors (Lipinski definition) is 3. The van der Waals surface area contributed by atoms with E-state index in [4.69, 9.17) is 0 Å². The van der Waals surface area contributed by atoms with Crippen LogP contribution in [-0.2, 0) is 16.1 Å². The van der Waals surface area contributed by atoms with Crippen LogP contribution >= 0.6 is 0 Å². The molecule has 0 spiro atoms. The van der Waals surface area contributed by atoms with Crippen LogP contribution in [0.2, 0.25) is 0 Å². The Morgan fingerprint density at radius 3 is 2.69 bits per heavy atom. The number of fused-ring (bicyclic) bond motifs is 4. The number of aromatic nitrogens is 2. The van der Waals surface area contributed by atoms with Crippen molar-refractivity contribution in [3.63, 3.8) is 0 Å². The van der Waals surface area contributed by atoms with Crippen LogP contribution in [0.1, 0.15) is 49.9 Å². The first-order chi connectivity index (χ1) is 12.5. The zero-order valence-corrected chi connectivity index (χ0v) is 16.0. The molecule has 0 N–H and O–H groups in total. The maximum Gasteiger partial charge on any atom is 0.227 e. The lowest BCUT2D eigenvalue weighted by molar-refractivity contribution is -0.140. The van der Waals surface area contributed by atoms with Crippen LogP contribution < -0.4 is 0 Å². The smallest absolute Gasteiger partial charge is 0.227 e. The summed E-state index contributed by atoms with van der Waals surface area (Å²) >= 11 is 0. The monoisotopic (exact) mass is 358 g/mol. The lowest BCUT2D eigenvalue weighted by Gasteiger charge is -2.36. The fraction of sp³-hybridized carbons (Fsp3) is 0.750. The van der Waals surface area contributed by atoms with E-state index in [1.807, 2.05) is 23.4 Å². The van der Waals surface area contributed by atoms with Crippen molar-refractivity contribution in [3.8, 4) is 0 Å². The molecular formula is C20H30N4O2. The van der Waals surface area contributed by atoms with Crippen LogP contribution in [0.3, 0.4) is 0 Å². The Morgan fingerprint density at radius 1 is 1.19 bits per heavy atom. The van der Waals surface area contributed by atoms with E-state index in [2.05, 4.69) is 16.1 Å². The van der Waals surface area contributed by atoms with Crippen molar-refractivity contribution in [3.05, 3.63) is 17.5 Å². The van der Waals surface area contributed by atoms with Gasteiger partial charge in [-0.05, 0) is 57.9 Å². The van der Waals surface area contributed by atoms with Crippen molar-refractivity contribution >= 4 is 11.8 Å². The highest BCUT2D eigenvalue weighted by Gasteiger charge is 2.43. The molecular weight excluding hydrogens is 328 g/mol. The largest absolute Gasteiger partial charge is 0.340 e. The highest BCUT2D eigenvalue weighted by Crippen LogP contribution is 2.35. The SMILES string of the molecule is Cc1cc(C)n(CCCC(=O)N2C[C@@H]3CC[C@H](C2)N(CC2CC2)C3=O)n1. The third kappa shape index (κ3) is 3.64. The van der Waals surface area contributed by atoms with Gasteiger partial charge in [-0.1, -0.05) is 0 Å². The van der Waals surface area contributed by atoms with Crippen LogP contribution in [-0.4, -0.2) is 57.1 Å². The summed E-state index contributed by atoms with van der Waals surface area (Å²) in [4.78, 5) is 29.6. The fourth-order valence-electron chi connectivity index (χ4n) is 4.50. The van der Waals surface area contributed by atoms with Gasteiger partial charge in [-0.25, -0.2) is 0 Å². The summed E-state index contributed by atoms with van der Waals surface area (Å²) in [5.74, 6) is 1.23. The summed E-state index contributed by atoms with van der Waals surface area (Å²) < 4.78 is 1.98. The number of piperidine rings is 1. The van der Waals surface area contributed by atoms with Crippen molar-refractivity contribution in [1.82, 2.24) is 19.6 Å². The van der Waals surface area contributed by atoms with E-state index in [0.717, 1.165) is 50.3 Å². The molecule has 5 rings (SSSR count). The van der Waals surface area contributed by atoms with Gasteiger partial charge in [0.25, 0.3) is 0 Å². The number of nitrogens with zero attached hydrogens (tertiary/aromatic N) is 4. The van der Waals surface area contributed by atoms with Gasteiger partial charge in [0, 0.05) is 44.3 Å². The second-order valence-corrected chi connectivity index (χ2v) is 8.41. The quantitative estimate of drug-likeness (QED) is 0.783. The minimum Gasteiger partial charge on any atom is -0.340 e. The van der Waals surface area contributed by atoms with Crippen molar-refractivity contribution in [1.29, 1.82) is 0 Å². The first-order valence-electron chi connectivity index (χ1n) is 10.1. The molecule has 3 saturated heterocycles. The lowest BCUT2D eigenvalue weighted by Crippen LogP contribution is -2.48. The zero-order chi connectivity index (χ0) is 18.3. The minimum absolute atomic E-state index is 0.0208. The number of carbonyl (C=O) groups is 2. The van der Waals surface area contributed by atoms with Crippen LogP contribution in [0.4, 0.5) is 0 Å². The van der Waals surface area contributed by atoms with E-state index in [0.29, 0.717) is 24.8 Å². The van der Waals surface area contributed by atoms with Crippen LogP contribution in [0.25, 0.3) is 0 Å². The van der Waals surface area contributed by atoms with Gasteiger partial charge in [-0.15, -0.1) is 0 Å². The van der Waals surface area contributed by atoms with Crippen molar-refractivity contribution in [2.45, 2.75) is 65.0 Å². The molecule has 4 fully saturated rings. The second-order valence-electron chi connectivity index (χ2n) is 8.41. The predicted octanol–water partition coefficient (Wildman–Crippen LogP) is 2.14. The molecule has 1 aromatic rings. The number of amides is 2. The molecule has 2 amide bonds. The molecule has 0 radical (unpaired) electrons. The Kier molecular flexibility index (Phi) is 4.76. The van der Waals surface area contributed by atoms with Gasteiger partial charge in [-0.2, -0.15) is 5.10 Å². The maximum absolute atomic E-state index is 12.8. The molecule has 142 valence electrons. The molecule has 4 heterocycles. The summed E-state index contributed by atoms with van der Waals surface area (Å²) in [5, 5.41) is 4.46. The van der Waals surface area contributed by atoms with E-state index in [1.54, 1.807) is 0 Å². The van der Waals surface area contributed by atoms with Gasteiger partial charge in [-0.3, -0.25) is 14.3 Å². The minimum atomic E-state index is 0.0208. The van der Waals surface area contributed by atoms with Crippen LogP contribution in [0, 0.1) is 25.7 Å². The second kappa shape index (κ2) is 7.05. The van der Waals surface area contributed by atoms with Crippen molar-refractivity contribution < 1.29 is 9.59 Å². The molecule has 1 aromatic heterocycles. The topological polar surface area (TPSA) is 58.4 Å². The molecule has 2 atom stereocenters. The Balaban J connectivity index is 1.33. The molecule has 26 heavy (non-hydrogen) atoms. The summed E-state index contributed by atoms with van der Waals surface area (Å²) in [7, 11) is 0. The fourth-order valence-corrected chi connectivity index (χ4v) is 4.50. The molecule has 0 aromatic carbocycles. The molecule has 0 unspecified atom stereocenters. The van der Waals surface area contributed by atoms with E-state index < -0.39 is 0 Å². The number of carbonyl (C=O) groups excluding carboxylic acids is 2. The molecule has 3 aliphatic heterocycles. The average Bonchev–Trinajstić information content (AvgIpc) is 3.40. The third-order valence-corrected chi connectivity index (χ3v) is 6.16. The van der Waals surface area contributed by atoms with Crippen molar-refractivity contribution in [2.75, 3.05) is 19.6 Å². The zero-order valence-electron chi connectivity index (χ0n) is 16.0. The highest BCUT2D eigenvalue weighted by atomic mass is 16.2. The summed E-state index contributed by atoms with van der Waals surface area (Å²) in [6, 6.07) is 2.30. The molecule has 1 saturated carbocycles. The average molecular weight is 358 g/mol. The Morgan fingerprint density at radius 2 is 2.00 bits per heavy atom. The van der Waals surface area contributed by atoms with E-state index >= 15 is 0 Å². The summed E-state index contributed by atoms with van der Waals surface area (Å²) in [6.45, 7) is 7.09. The summed E-state index contributed by atoms with van der Waals surface area (Å²) in [6.07, 6.45) is 5.85. The normalized spacial score (nSPS) is 25.7. The Bertz CT molecular complexity index is 694.